The van der Waals surface area contributed by atoms with E-state index in [2.05, 4.69) is 0 Å². The van der Waals surface area contributed by atoms with Gasteiger partial charge in [0.15, 0.2) is 0 Å². The predicted molar refractivity (Wildman–Crippen MR) is 88.1 cm³/mol. The van der Waals surface area contributed by atoms with Crippen molar-refractivity contribution in [2.24, 2.45) is 0 Å². The molecule has 23 heavy (non-hydrogen) atoms. The molecule has 0 bridgehead atoms. The summed E-state index contributed by atoms with van der Waals surface area (Å²) < 4.78 is 0. The molecule has 1 aromatic rings. The molecule has 0 aliphatic carbocycles. The van der Waals surface area contributed by atoms with Crippen molar-refractivity contribution in [3.63, 3.8) is 0 Å². The monoisotopic (exact) mass is 321 g/mol. The zero-order chi connectivity index (χ0) is 16.8. The van der Waals surface area contributed by atoms with E-state index in [1.807, 2.05) is 42.2 Å². The summed E-state index contributed by atoms with van der Waals surface area (Å²) in [7, 11) is 0. The topological polar surface area (TPSA) is 81.0 Å². The van der Waals surface area contributed by atoms with Crippen LogP contribution in [-0.2, 0) is 11.2 Å². The third-order valence-electron chi connectivity index (χ3n) is 4.64. The third-order valence-corrected chi connectivity index (χ3v) is 4.64. The molecule has 5 nitrogen and oxygen atoms in total. The maximum Gasteiger partial charge on any atom is 0.134 e. The first-order chi connectivity index (χ1) is 11.1. The largest absolute Gasteiger partial charge is 0.395 e. The summed E-state index contributed by atoms with van der Waals surface area (Å²) in [6, 6.07) is 8.99. The van der Waals surface area contributed by atoms with Crippen molar-refractivity contribution in [2.45, 2.75) is 56.9 Å². The second-order valence-electron chi connectivity index (χ2n) is 6.26. The second-order valence-corrected chi connectivity index (χ2v) is 6.26. The first-order valence-corrected chi connectivity index (χ1v) is 8.36. The van der Waals surface area contributed by atoms with Gasteiger partial charge in [-0.25, -0.2) is 0 Å². The van der Waals surface area contributed by atoms with Gasteiger partial charge in [0.1, 0.15) is 5.78 Å². The van der Waals surface area contributed by atoms with Gasteiger partial charge >= 0.3 is 0 Å². The molecule has 0 unspecified atom stereocenters. The maximum atomic E-state index is 12.0. The van der Waals surface area contributed by atoms with Gasteiger partial charge in [-0.15, -0.1) is 0 Å². The molecular weight excluding hydrogens is 294 g/mol. The Balaban J connectivity index is 2.07. The van der Waals surface area contributed by atoms with Crippen LogP contribution in [0.3, 0.4) is 0 Å². The fourth-order valence-electron chi connectivity index (χ4n) is 3.39. The number of hydrogen-bond acceptors (Lipinski definition) is 5. The van der Waals surface area contributed by atoms with Gasteiger partial charge in [0.25, 0.3) is 0 Å². The van der Waals surface area contributed by atoms with Crippen molar-refractivity contribution in [1.82, 2.24) is 4.90 Å². The lowest BCUT2D eigenvalue weighted by Crippen LogP contribution is -2.43. The molecule has 2 rings (SSSR count). The minimum Gasteiger partial charge on any atom is -0.395 e. The SMILES string of the molecule is CCCC(=O)C[C@@H]1[C@@H](O)[C@H](O)[C@@H](CO)N1CCc1ccccc1. The van der Waals surface area contributed by atoms with Crippen LogP contribution in [-0.4, -0.2) is 63.4 Å². The van der Waals surface area contributed by atoms with E-state index in [0.29, 0.717) is 13.0 Å². The summed E-state index contributed by atoms with van der Waals surface area (Å²) in [6.07, 6.45) is 0.207. The van der Waals surface area contributed by atoms with Gasteiger partial charge in [-0.3, -0.25) is 9.69 Å². The van der Waals surface area contributed by atoms with Crippen molar-refractivity contribution in [3.8, 4) is 0 Å². The normalized spacial score (nSPS) is 28.2. The van der Waals surface area contributed by atoms with Crippen LogP contribution in [0.5, 0.6) is 0 Å². The van der Waals surface area contributed by atoms with E-state index >= 15 is 0 Å². The summed E-state index contributed by atoms with van der Waals surface area (Å²) in [4.78, 5) is 13.9. The summed E-state index contributed by atoms with van der Waals surface area (Å²) in [5.41, 5.74) is 1.15. The van der Waals surface area contributed by atoms with Crippen LogP contribution >= 0.6 is 0 Å². The molecule has 128 valence electrons. The number of carbonyl (C=O) groups excluding carboxylic acids is 1. The highest BCUT2D eigenvalue weighted by Crippen LogP contribution is 2.28. The number of aliphatic hydroxyl groups is 3. The zero-order valence-corrected chi connectivity index (χ0v) is 13.6. The van der Waals surface area contributed by atoms with Gasteiger partial charge in [-0.05, 0) is 18.4 Å². The lowest BCUT2D eigenvalue weighted by molar-refractivity contribution is -0.121. The molecule has 1 heterocycles. The molecule has 5 heteroatoms. The Morgan fingerprint density at radius 1 is 1.13 bits per heavy atom. The summed E-state index contributed by atoms with van der Waals surface area (Å²) >= 11 is 0. The first-order valence-electron chi connectivity index (χ1n) is 8.36. The number of nitrogens with zero attached hydrogens (tertiary/aromatic N) is 1. The number of carbonyl (C=O) groups is 1. The number of likely N-dealkylation sites (tertiary alicyclic amines) is 1. The highest BCUT2D eigenvalue weighted by Gasteiger charge is 2.47. The standard InChI is InChI=1S/C18H27NO4/c1-2-6-14(21)11-15-17(22)18(23)16(12-20)19(15)10-9-13-7-4-3-5-8-13/h3-5,7-8,15-18,20,22-23H,2,6,9-12H2,1H3/t15-,16-,17-,18-/m1/s1. The van der Waals surface area contributed by atoms with Crippen LogP contribution in [0, 0.1) is 0 Å². The van der Waals surface area contributed by atoms with Crippen LogP contribution in [0.25, 0.3) is 0 Å². The van der Waals surface area contributed by atoms with Gasteiger partial charge in [-0.1, -0.05) is 37.3 Å². The van der Waals surface area contributed by atoms with Crippen LogP contribution in [0.4, 0.5) is 0 Å². The van der Waals surface area contributed by atoms with Crippen LogP contribution in [0.1, 0.15) is 31.7 Å². The van der Waals surface area contributed by atoms with Gasteiger partial charge in [-0.2, -0.15) is 0 Å². The Labute approximate surface area is 137 Å². The molecule has 0 saturated carbocycles. The van der Waals surface area contributed by atoms with Crippen LogP contribution < -0.4 is 0 Å². The quantitative estimate of drug-likeness (QED) is 0.658. The minimum absolute atomic E-state index is 0.0899. The van der Waals surface area contributed by atoms with Crippen molar-refractivity contribution in [2.75, 3.05) is 13.2 Å². The maximum absolute atomic E-state index is 12.0. The Morgan fingerprint density at radius 2 is 1.78 bits per heavy atom. The van der Waals surface area contributed by atoms with E-state index in [4.69, 9.17) is 0 Å². The number of aliphatic hydroxyl groups excluding tert-OH is 3. The Morgan fingerprint density at radius 3 is 2.39 bits per heavy atom. The highest BCUT2D eigenvalue weighted by molar-refractivity contribution is 5.79. The van der Waals surface area contributed by atoms with Gasteiger partial charge in [0.05, 0.1) is 24.9 Å². The fourth-order valence-corrected chi connectivity index (χ4v) is 3.39. The van der Waals surface area contributed by atoms with Gasteiger partial charge in [0, 0.05) is 25.4 Å². The number of ketones is 1. The van der Waals surface area contributed by atoms with Gasteiger partial charge in [0.2, 0.25) is 0 Å². The summed E-state index contributed by atoms with van der Waals surface area (Å²) in [5, 5.41) is 30.0. The molecule has 4 atom stereocenters. The lowest BCUT2D eigenvalue weighted by Gasteiger charge is -2.29. The molecule has 1 aliphatic rings. The van der Waals surface area contributed by atoms with E-state index in [-0.39, 0.29) is 18.8 Å². The zero-order valence-electron chi connectivity index (χ0n) is 13.6. The highest BCUT2D eigenvalue weighted by atomic mass is 16.3. The number of benzene rings is 1. The first kappa shape index (κ1) is 18.1. The smallest absolute Gasteiger partial charge is 0.134 e. The van der Waals surface area contributed by atoms with E-state index in [1.165, 1.54) is 0 Å². The van der Waals surface area contributed by atoms with Crippen LogP contribution in [0.15, 0.2) is 30.3 Å². The molecule has 0 radical (unpaired) electrons. The van der Waals surface area contributed by atoms with E-state index in [0.717, 1.165) is 18.4 Å². The van der Waals surface area contributed by atoms with E-state index in [1.54, 1.807) is 0 Å². The molecular formula is C18H27NO4. The minimum atomic E-state index is -1.02. The second kappa shape index (κ2) is 8.55. The number of Topliss-reactive ketones (excluding diaryl/α,β-unsaturated/α-hetero) is 1. The molecule has 1 aliphatic heterocycles. The Bertz CT molecular complexity index is 493. The molecule has 3 N–H and O–H groups in total. The molecule has 0 aromatic heterocycles. The Hall–Kier alpha value is -1.27. The third kappa shape index (κ3) is 4.38. The molecule has 1 aromatic carbocycles. The molecule has 0 spiro atoms. The molecule has 1 saturated heterocycles. The van der Waals surface area contributed by atoms with E-state index in [9.17, 15) is 20.1 Å². The Kier molecular flexibility index (Phi) is 6.72. The predicted octanol–water partition coefficient (Wildman–Crippen LogP) is 0.755. The van der Waals surface area contributed by atoms with Gasteiger partial charge < -0.3 is 15.3 Å². The molecule has 0 amide bonds. The number of rotatable bonds is 8. The average molecular weight is 321 g/mol. The van der Waals surface area contributed by atoms with Crippen molar-refractivity contribution < 1.29 is 20.1 Å². The lowest BCUT2D eigenvalue weighted by atomic mass is 10.0. The van der Waals surface area contributed by atoms with Crippen molar-refractivity contribution >= 4 is 5.78 Å². The number of hydrogen-bond donors (Lipinski definition) is 3. The van der Waals surface area contributed by atoms with Crippen molar-refractivity contribution in [1.29, 1.82) is 0 Å². The summed E-state index contributed by atoms with van der Waals surface area (Å²) in [5.74, 6) is 0.0899. The van der Waals surface area contributed by atoms with E-state index < -0.39 is 24.3 Å². The van der Waals surface area contributed by atoms with Crippen LogP contribution in [0.2, 0.25) is 0 Å². The fraction of sp³-hybridized carbons (Fsp3) is 0.611. The average Bonchev–Trinajstić information content (AvgIpc) is 2.78. The van der Waals surface area contributed by atoms with Crippen molar-refractivity contribution in [3.05, 3.63) is 35.9 Å². The molecule has 1 fully saturated rings. The summed E-state index contributed by atoms with van der Waals surface area (Å²) in [6.45, 7) is 2.31.